The maximum absolute atomic E-state index is 12.6. The Balaban J connectivity index is 1.67. The number of guanidine groups is 1. The summed E-state index contributed by atoms with van der Waals surface area (Å²) < 4.78 is 48.9. The number of alkyl halides is 3. The van der Waals surface area contributed by atoms with Crippen molar-refractivity contribution in [3.05, 3.63) is 18.0 Å². The van der Waals surface area contributed by atoms with Crippen LogP contribution in [0.2, 0.25) is 0 Å². The Labute approximate surface area is 156 Å². The molecular formula is C16H25F3N6O2. The third-order valence-corrected chi connectivity index (χ3v) is 3.72. The van der Waals surface area contributed by atoms with Crippen molar-refractivity contribution in [2.75, 3.05) is 45.3 Å². The molecule has 0 aliphatic carbocycles. The van der Waals surface area contributed by atoms with E-state index in [1.165, 1.54) is 0 Å². The summed E-state index contributed by atoms with van der Waals surface area (Å²) >= 11 is 0. The van der Waals surface area contributed by atoms with E-state index >= 15 is 0 Å². The summed E-state index contributed by atoms with van der Waals surface area (Å²) in [5.74, 6) is 0.496. The number of anilines is 1. The minimum atomic E-state index is -4.49. The monoisotopic (exact) mass is 390 g/mol. The van der Waals surface area contributed by atoms with E-state index in [0.29, 0.717) is 32.3 Å². The summed E-state index contributed by atoms with van der Waals surface area (Å²) in [5, 5.41) is 8.99. The van der Waals surface area contributed by atoms with Crippen LogP contribution in [0.4, 0.5) is 19.1 Å². The summed E-state index contributed by atoms with van der Waals surface area (Å²) in [6.07, 6.45) is -2.38. The lowest BCUT2D eigenvalue weighted by Crippen LogP contribution is -2.45. The second-order valence-electron chi connectivity index (χ2n) is 6.05. The molecule has 2 rings (SSSR count). The van der Waals surface area contributed by atoms with Gasteiger partial charge in [0.2, 0.25) is 5.95 Å². The van der Waals surface area contributed by atoms with Crippen molar-refractivity contribution in [2.45, 2.75) is 31.7 Å². The number of aliphatic imine (C=N–C) groups is 1. The number of nitrogens with zero attached hydrogens (tertiary/aromatic N) is 3. The van der Waals surface area contributed by atoms with Crippen LogP contribution in [-0.2, 0) is 15.7 Å². The Morgan fingerprint density at radius 2 is 2.26 bits per heavy atom. The zero-order valence-electron chi connectivity index (χ0n) is 15.3. The average Bonchev–Trinajstić information content (AvgIpc) is 3.15. The Morgan fingerprint density at radius 1 is 1.44 bits per heavy atom. The average molecular weight is 390 g/mol. The molecule has 0 bridgehead atoms. The Hall–Kier alpha value is -2.14. The van der Waals surface area contributed by atoms with Gasteiger partial charge in [-0.1, -0.05) is 0 Å². The Bertz CT molecular complexity index is 608. The van der Waals surface area contributed by atoms with Crippen molar-refractivity contribution in [1.82, 2.24) is 20.6 Å². The maximum Gasteiger partial charge on any atom is 0.433 e. The topological polar surface area (TPSA) is 92.7 Å². The Morgan fingerprint density at radius 3 is 2.93 bits per heavy atom. The molecule has 0 radical (unpaired) electrons. The van der Waals surface area contributed by atoms with Gasteiger partial charge < -0.3 is 25.4 Å². The van der Waals surface area contributed by atoms with Crippen LogP contribution in [0.5, 0.6) is 0 Å². The first-order valence-electron chi connectivity index (χ1n) is 8.69. The molecular weight excluding hydrogens is 365 g/mol. The molecule has 8 nitrogen and oxygen atoms in total. The zero-order chi connectivity index (χ0) is 19.7. The molecule has 2 unspecified atom stereocenters. The van der Waals surface area contributed by atoms with Crippen LogP contribution in [0.25, 0.3) is 0 Å². The quantitative estimate of drug-likeness (QED) is 0.350. The molecule has 0 saturated carbocycles. The van der Waals surface area contributed by atoms with E-state index in [0.717, 1.165) is 25.3 Å². The second kappa shape index (κ2) is 10.3. The largest absolute Gasteiger partial charge is 0.433 e. The van der Waals surface area contributed by atoms with Gasteiger partial charge in [-0.2, -0.15) is 13.2 Å². The summed E-state index contributed by atoms with van der Waals surface area (Å²) in [6, 6.07) is 0.868. The number of rotatable bonds is 8. The molecule has 1 aliphatic rings. The van der Waals surface area contributed by atoms with E-state index in [4.69, 9.17) is 9.47 Å². The molecule has 1 aliphatic heterocycles. The zero-order valence-corrected chi connectivity index (χ0v) is 15.3. The van der Waals surface area contributed by atoms with E-state index in [1.54, 1.807) is 7.05 Å². The van der Waals surface area contributed by atoms with Gasteiger partial charge in [0, 0.05) is 39.0 Å². The van der Waals surface area contributed by atoms with Gasteiger partial charge in [0.25, 0.3) is 0 Å². The smallest absolute Gasteiger partial charge is 0.379 e. The van der Waals surface area contributed by atoms with Crippen LogP contribution in [0.1, 0.15) is 19.0 Å². The first-order valence-corrected chi connectivity index (χ1v) is 8.69. The fraction of sp³-hybridized carbons (Fsp3) is 0.688. The number of halogens is 3. The number of hydrogen-bond donors (Lipinski definition) is 3. The predicted molar refractivity (Wildman–Crippen MR) is 94.7 cm³/mol. The summed E-state index contributed by atoms with van der Waals surface area (Å²) in [7, 11) is 1.64. The normalized spacial score (nSPS) is 19.0. The first kappa shape index (κ1) is 21.2. The third kappa shape index (κ3) is 7.55. The summed E-state index contributed by atoms with van der Waals surface area (Å²) in [6.45, 7) is 4.60. The van der Waals surface area contributed by atoms with Gasteiger partial charge in [0.05, 0.1) is 19.3 Å². The fourth-order valence-electron chi connectivity index (χ4n) is 2.35. The summed E-state index contributed by atoms with van der Waals surface area (Å²) in [5.41, 5.74) is -0.980. The lowest BCUT2D eigenvalue weighted by molar-refractivity contribution is -0.141. The van der Waals surface area contributed by atoms with Crippen LogP contribution >= 0.6 is 0 Å². The molecule has 11 heteroatoms. The lowest BCUT2D eigenvalue weighted by Gasteiger charge is -2.19. The van der Waals surface area contributed by atoms with Crippen molar-refractivity contribution in [3.63, 3.8) is 0 Å². The number of ether oxygens (including phenoxy) is 2. The standard InChI is InChI=1S/C16H25F3N6O2/c1-11(9-27-12-4-8-26-10-12)24-14(20-2)22-6-7-23-15-21-5-3-13(25-15)16(17,18)19/h3,5,11-12H,4,6-10H2,1-2H3,(H2,20,22,24)(H,21,23,25). The van der Waals surface area contributed by atoms with Crippen LogP contribution in [0.15, 0.2) is 17.3 Å². The van der Waals surface area contributed by atoms with Gasteiger partial charge in [0.15, 0.2) is 5.96 Å². The van der Waals surface area contributed by atoms with Crippen LogP contribution < -0.4 is 16.0 Å². The molecule has 1 aromatic rings. The number of hydrogen-bond acceptors (Lipinski definition) is 6. The van der Waals surface area contributed by atoms with Gasteiger partial charge >= 0.3 is 6.18 Å². The molecule has 1 fully saturated rings. The highest BCUT2D eigenvalue weighted by Crippen LogP contribution is 2.27. The van der Waals surface area contributed by atoms with E-state index < -0.39 is 11.9 Å². The van der Waals surface area contributed by atoms with Crippen molar-refractivity contribution in [1.29, 1.82) is 0 Å². The second-order valence-corrected chi connectivity index (χ2v) is 6.05. The van der Waals surface area contributed by atoms with Crippen molar-refractivity contribution in [2.24, 2.45) is 4.99 Å². The lowest BCUT2D eigenvalue weighted by atomic mass is 10.3. The minimum absolute atomic E-state index is 0.0385. The molecule has 1 aromatic heterocycles. The molecule has 0 amide bonds. The van der Waals surface area contributed by atoms with Gasteiger partial charge in [-0.15, -0.1) is 0 Å². The van der Waals surface area contributed by atoms with E-state index in [2.05, 4.69) is 30.9 Å². The molecule has 0 spiro atoms. The SMILES string of the molecule is CN=C(NCCNc1nccc(C(F)(F)F)n1)NC(C)COC1CCOC1. The fourth-order valence-corrected chi connectivity index (χ4v) is 2.35. The van der Waals surface area contributed by atoms with E-state index in [-0.39, 0.29) is 18.1 Å². The van der Waals surface area contributed by atoms with Gasteiger partial charge in [-0.05, 0) is 19.4 Å². The van der Waals surface area contributed by atoms with Crippen LogP contribution in [0.3, 0.4) is 0 Å². The molecule has 2 atom stereocenters. The first-order chi connectivity index (χ1) is 12.9. The van der Waals surface area contributed by atoms with Gasteiger partial charge in [-0.3, -0.25) is 4.99 Å². The summed E-state index contributed by atoms with van der Waals surface area (Å²) in [4.78, 5) is 11.3. The number of aromatic nitrogens is 2. The van der Waals surface area contributed by atoms with Crippen molar-refractivity contribution < 1.29 is 22.6 Å². The van der Waals surface area contributed by atoms with Crippen molar-refractivity contribution in [3.8, 4) is 0 Å². The minimum Gasteiger partial charge on any atom is -0.379 e. The highest BCUT2D eigenvalue weighted by molar-refractivity contribution is 5.79. The van der Waals surface area contributed by atoms with E-state index in [1.807, 2.05) is 6.92 Å². The van der Waals surface area contributed by atoms with Gasteiger partial charge in [0.1, 0.15) is 5.69 Å². The predicted octanol–water partition coefficient (Wildman–Crippen LogP) is 1.27. The number of nitrogens with one attached hydrogen (secondary N) is 3. The van der Waals surface area contributed by atoms with Gasteiger partial charge in [-0.25, -0.2) is 9.97 Å². The maximum atomic E-state index is 12.6. The molecule has 2 heterocycles. The molecule has 1 saturated heterocycles. The van der Waals surface area contributed by atoms with E-state index in [9.17, 15) is 13.2 Å². The van der Waals surface area contributed by atoms with Crippen LogP contribution in [-0.4, -0.2) is 68.0 Å². The molecule has 3 N–H and O–H groups in total. The Kier molecular flexibility index (Phi) is 8.04. The molecule has 0 aromatic carbocycles. The molecule has 152 valence electrons. The van der Waals surface area contributed by atoms with Crippen LogP contribution in [0, 0.1) is 0 Å². The molecule has 27 heavy (non-hydrogen) atoms. The highest BCUT2D eigenvalue weighted by atomic mass is 19.4. The third-order valence-electron chi connectivity index (χ3n) is 3.72. The van der Waals surface area contributed by atoms with Crippen molar-refractivity contribution >= 4 is 11.9 Å². The highest BCUT2D eigenvalue weighted by Gasteiger charge is 2.32.